The first-order valence-corrected chi connectivity index (χ1v) is 13.7. The Balaban J connectivity index is 1.50. The summed E-state index contributed by atoms with van der Waals surface area (Å²) < 4.78 is 10.8. The van der Waals surface area contributed by atoms with E-state index in [1.54, 1.807) is 57.2 Å². The molecule has 0 spiro atoms. The number of nitrogens with one attached hydrogen (secondary N) is 2. The van der Waals surface area contributed by atoms with Crippen LogP contribution in [0.5, 0.6) is 11.5 Å². The Morgan fingerprint density at radius 2 is 1.69 bits per heavy atom. The molecular weight excluding hydrogens is 566 g/mol. The van der Waals surface area contributed by atoms with Gasteiger partial charge in [-0.05, 0) is 63.1 Å². The smallest absolute Gasteiger partial charge is 0.407 e. The van der Waals surface area contributed by atoms with Gasteiger partial charge in [0.25, 0.3) is 5.91 Å². The van der Waals surface area contributed by atoms with Crippen molar-refractivity contribution in [3.05, 3.63) is 76.2 Å². The number of rotatable bonds is 7. The van der Waals surface area contributed by atoms with Gasteiger partial charge >= 0.3 is 23.9 Å². The number of carbonyl (C=O) groups is 5. The normalized spacial score (nSPS) is 14.4. The van der Waals surface area contributed by atoms with Crippen molar-refractivity contribution in [2.45, 2.75) is 45.4 Å². The minimum Gasteiger partial charge on any atom is -0.478 e. The van der Waals surface area contributed by atoms with Crippen LogP contribution in [0.15, 0.2) is 54.6 Å². The van der Waals surface area contributed by atoms with Gasteiger partial charge in [0.05, 0.1) is 18.2 Å². The molecule has 13 heteroatoms. The summed E-state index contributed by atoms with van der Waals surface area (Å²) in [7, 11) is 0. The standard InChI is InChI=1S/C29H29N3O9S/c1-29(2,3)41-27(37)24(34)31-25-22(26(35)36)20-13-17(32(28(38)39)15-21(20)42-25)14-30-23(33)16-8-7-11-19(12-16)40-18-9-5-4-6-10-18/h4-12,17H,13-15H2,1-3H3,(H,30,33)(H,31,34)(H,35,36)(H,38,39)/t17-/m0/s1. The summed E-state index contributed by atoms with van der Waals surface area (Å²) in [4.78, 5) is 63.3. The third kappa shape index (κ3) is 7.23. The summed E-state index contributed by atoms with van der Waals surface area (Å²) in [6, 6.07) is 14.7. The van der Waals surface area contributed by atoms with Crippen molar-refractivity contribution in [2.24, 2.45) is 0 Å². The maximum Gasteiger partial charge on any atom is 0.407 e. The van der Waals surface area contributed by atoms with Crippen LogP contribution in [0, 0.1) is 0 Å². The van der Waals surface area contributed by atoms with Crippen molar-refractivity contribution in [3.8, 4) is 11.5 Å². The molecule has 0 fully saturated rings. The third-order valence-corrected chi connectivity index (χ3v) is 7.26. The highest BCUT2D eigenvalue weighted by Gasteiger charge is 2.36. The van der Waals surface area contributed by atoms with E-state index >= 15 is 0 Å². The average Bonchev–Trinajstić information content (AvgIpc) is 3.27. The number of ether oxygens (including phenoxy) is 2. The highest BCUT2D eigenvalue weighted by molar-refractivity contribution is 7.17. The van der Waals surface area contributed by atoms with Gasteiger partial charge in [0.2, 0.25) is 0 Å². The minimum atomic E-state index is -1.35. The first-order chi connectivity index (χ1) is 19.8. The predicted molar refractivity (Wildman–Crippen MR) is 152 cm³/mol. The zero-order valence-electron chi connectivity index (χ0n) is 23.0. The number of hydrogen-bond donors (Lipinski definition) is 4. The summed E-state index contributed by atoms with van der Waals surface area (Å²) in [6.45, 7) is 4.47. The fraction of sp³-hybridized carbons (Fsp3) is 0.276. The molecule has 12 nitrogen and oxygen atoms in total. The highest BCUT2D eigenvalue weighted by atomic mass is 32.1. The minimum absolute atomic E-state index is 0.0422. The van der Waals surface area contributed by atoms with E-state index in [-0.39, 0.29) is 35.6 Å². The van der Waals surface area contributed by atoms with Gasteiger partial charge in [-0.25, -0.2) is 14.4 Å². The van der Waals surface area contributed by atoms with E-state index in [9.17, 15) is 34.2 Å². The van der Waals surface area contributed by atoms with Crippen LogP contribution in [-0.4, -0.2) is 63.1 Å². The van der Waals surface area contributed by atoms with E-state index in [4.69, 9.17) is 9.47 Å². The zero-order valence-corrected chi connectivity index (χ0v) is 23.8. The Morgan fingerprint density at radius 3 is 2.33 bits per heavy atom. The maximum atomic E-state index is 13.0. The lowest BCUT2D eigenvalue weighted by Gasteiger charge is -2.33. The quantitative estimate of drug-likeness (QED) is 0.229. The van der Waals surface area contributed by atoms with Crippen molar-refractivity contribution < 1.29 is 43.7 Å². The van der Waals surface area contributed by atoms with E-state index in [2.05, 4.69) is 10.6 Å². The number of anilines is 1. The second kappa shape index (κ2) is 12.3. The third-order valence-electron chi connectivity index (χ3n) is 6.13. The Kier molecular flexibility index (Phi) is 8.81. The predicted octanol–water partition coefficient (Wildman–Crippen LogP) is 4.35. The molecule has 0 saturated carbocycles. The zero-order chi connectivity index (χ0) is 30.6. The van der Waals surface area contributed by atoms with Crippen molar-refractivity contribution in [1.82, 2.24) is 10.2 Å². The summed E-state index contributed by atoms with van der Waals surface area (Å²) in [5.74, 6) is -3.13. The van der Waals surface area contributed by atoms with Crippen LogP contribution in [0.4, 0.5) is 9.80 Å². The Labute approximate surface area is 244 Å². The number of carboxylic acids is 1. The maximum absolute atomic E-state index is 13.0. The van der Waals surface area contributed by atoms with Gasteiger partial charge in [0.1, 0.15) is 22.1 Å². The van der Waals surface area contributed by atoms with Crippen molar-refractivity contribution in [2.75, 3.05) is 11.9 Å². The van der Waals surface area contributed by atoms with Gasteiger partial charge < -0.3 is 30.3 Å². The number of aromatic carboxylic acids is 1. The fourth-order valence-corrected chi connectivity index (χ4v) is 5.54. The highest BCUT2D eigenvalue weighted by Crippen LogP contribution is 2.39. The van der Waals surface area contributed by atoms with Gasteiger partial charge in [0.15, 0.2) is 0 Å². The Hall–Kier alpha value is -4.91. The molecule has 4 rings (SSSR count). The second-order valence-corrected chi connectivity index (χ2v) is 11.5. The summed E-state index contributed by atoms with van der Waals surface area (Å²) in [5, 5.41) is 24.7. The molecule has 1 atom stereocenters. The van der Waals surface area contributed by atoms with E-state index in [0.717, 1.165) is 16.2 Å². The van der Waals surface area contributed by atoms with Crippen LogP contribution in [0.2, 0.25) is 0 Å². The lowest BCUT2D eigenvalue weighted by Crippen LogP contribution is -2.49. The molecule has 42 heavy (non-hydrogen) atoms. The molecule has 0 bridgehead atoms. The number of thiophene rings is 1. The largest absolute Gasteiger partial charge is 0.478 e. The van der Waals surface area contributed by atoms with Gasteiger partial charge in [-0.15, -0.1) is 11.3 Å². The van der Waals surface area contributed by atoms with E-state index in [1.807, 2.05) is 18.2 Å². The Morgan fingerprint density at radius 1 is 1.00 bits per heavy atom. The number of amides is 3. The van der Waals surface area contributed by atoms with Gasteiger partial charge in [-0.3, -0.25) is 14.5 Å². The molecule has 0 aliphatic carbocycles. The van der Waals surface area contributed by atoms with Crippen LogP contribution in [-0.2, 0) is 27.3 Å². The number of carboxylic acid groups (broad SMARTS) is 2. The Bertz CT molecular complexity index is 1530. The number of hydrogen-bond acceptors (Lipinski definition) is 8. The first kappa shape index (κ1) is 30.1. The topological polar surface area (TPSA) is 172 Å². The lowest BCUT2D eigenvalue weighted by atomic mass is 9.96. The number of carbonyl (C=O) groups excluding carboxylic acids is 3. The van der Waals surface area contributed by atoms with Crippen molar-refractivity contribution in [1.29, 1.82) is 0 Å². The van der Waals surface area contributed by atoms with Crippen LogP contribution in [0.1, 0.15) is 51.9 Å². The molecule has 220 valence electrons. The number of fused-ring (bicyclic) bond motifs is 1. The molecule has 1 aromatic heterocycles. The lowest BCUT2D eigenvalue weighted by molar-refractivity contribution is -0.161. The molecule has 3 aromatic rings. The molecule has 2 heterocycles. The molecule has 3 amide bonds. The fourth-order valence-electron chi connectivity index (χ4n) is 4.32. The monoisotopic (exact) mass is 595 g/mol. The molecule has 0 saturated heterocycles. The molecule has 1 aliphatic heterocycles. The van der Waals surface area contributed by atoms with E-state index in [0.29, 0.717) is 21.9 Å². The number of para-hydroxylation sites is 1. The summed E-state index contributed by atoms with van der Waals surface area (Å²) in [6.07, 6.45) is -1.30. The molecule has 0 radical (unpaired) electrons. The van der Waals surface area contributed by atoms with Crippen LogP contribution < -0.4 is 15.4 Å². The molecule has 1 aliphatic rings. The molecule has 4 N–H and O–H groups in total. The van der Waals surface area contributed by atoms with E-state index < -0.39 is 41.5 Å². The van der Waals surface area contributed by atoms with Crippen LogP contribution in [0.25, 0.3) is 0 Å². The summed E-state index contributed by atoms with van der Waals surface area (Å²) in [5.41, 5.74) is -0.564. The second-order valence-electron chi connectivity index (χ2n) is 10.4. The molecular formula is C29H29N3O9S. The number of nitrogens with zero attached hydrogens (tertiary/aromatic N) is 1. The SMILES string of the molecule is CC(C)(C)OC(=O)C(=O)Nc1sc2c(c1C(=O)O)C[C@@H](CNC(=O)c1cccc(Oc3ccccc3)c1)N(C(=O)O)C2. The van der Waals surface area contributed by atoms with Crippen LogP contribution >= 0.6 is 11.3 Å². The van der Waals surface area contributed by atoms with Crippen molar-refractivity contribution >= 4 is 46.2 Å². The molecule has 0 unspecified atom stereocenters. The van der Waals surface area contributed by atoms with E-state index in [1.165, 1.54) is 0 Å². The van der Waals surface area contributed by atoms with Gasteiger partial charge in [-0.2, -0.15) is 0 Å². The molecule has 2 aromatic carbocycles. The summed E-state index contributed by atoms with van der Waals surface area (Å²) >= 11 is 0.874. The van der Waals surface area contributed by atoms with Gasteiger partial charge in [-0.1, -0.05) is 24.3 Å². The number of esters is 1. The first-order valence-electron chi connectivity index (χ1n) is 12.8. The number of benzene rings is 2. The van der Waals surface area contributed by atoms with Crippen LogP contribution in [0.3, 0.4) is 0 Å². The van der Waals surface area contributed by atoms with Gasteiger partial charge in [0, 0.05) is 17.0 Å². The average molecular weight is 596 g/mol. The van der Waals surface area contributed by atoms with Crippen molar-refractivity contribution in [3.63, 3.8) is 0 Å².